The SMILES string of the molecule is Cc1cccc(OC(C)C(=O)NNC(=O)c2nn(-c3ccc(F)cc3)c3c2CCC3)c1C. The molecule has 1 aliphatic rings. The first-order chi connectivity index (χ1) is 15.3. The van der Waals surface area contributed by atoms with Gasteiger partial charge >= 0.3 is 0 Å². The van der Waals surface area contributed by atoms with Gasteiger partial charge in [-0.25, -0.2) is 9.07 Å². The predicted molar refractivity (Wildman–Crippen MR) is 117 cm³/mol. The van der Waals surface area contributed by atoms with Gasteiger partial charge in [0.25, 0.3) is 11.8 Å². The first-order valence-corrected chi connectivity index (χ1v) is 10.5. The molecule has 8 heteroatoms. The van der Waals surface area contributed by atoms with Gasteiger partial charge in [-0.1, -0.05) is 12.1 Å². The number of amides is 2. The van der Waals surface area contributed by atoms with Crippen LogP contribution in [-0.2, 0) is 17.6 Å². The molecule has 0 aliphatic heterocycles. The number of halogens is 1. The lowest BCUT2D eigenvalue weighted by molar-refractivity contribution is -0.128. The maximum Gasteiger partial charge on any atom is 0.290 e. The number of hydrazine groups is 1. The highest BCUT2D eigenvalue weighted by molar-refractivity contribution is 5.95. The van der Waals surface area contributed by atoms with Crippen LogP contribution in [0.1, 0.15) is 46.2 Å². The van der Waals surface area contributed by atoms with Crippen molar-refractivity contribution in [3.8, 4) is 11.4 Å². The van der Waals surface area contributed by atoms with Gasteiger partial charge < -0.3 is 4.74 Å². The average Bonchev–Trinajstić information content (AvgIpc) is 3.38. The molecule has 2 amide bonds. The van der Waals surface area contributed by atoms with Crippen molar-refractivity contribution >= 4 is 11.8 Å². The average molecular weight is 436 g/mol. The highest BCUT2D eigenvalue weighted by atomic mass is 19.1. The summed E-state index contributed by atoms with van der Waals surface area (Å²) >= 11 is 0. The number of ether oxygens (including phenoxy) is 1. The number of rotatable bonds is 5. The molecule has 4 rings (SSSR count). The van der Waals surface area contributed by atoms with E-state index in [4.69, 9.17) is 4.74 Å². The second-order valence-electron chi connectivity index (χ2n) is 7.92. The Hall–Kier alpha value is -3.68. The second kappa shape index (κ2) is 8.82. The summed E-state index contributed by atoms with van der Waals surface area (Å²) in [7, 11) is 0. The van der Waals surface area contributed by atoms with Crippen molar-refractivity contribution in [2.24, 2.45) is 0 Å². The molecule has 7 nitrogen and oxygen atoms in total. The fourth-order valence-corrected chi connectivity index (χ4v) is 3.79. The zero-order chi connectivity index (χ0) is 22.8. The molecule has 166 valence electrons. The van der Waals surface area contributed by atoms with Crippen LogP contribution in [0.4, 0.5) is 4.39 Å². The first-order valence-electron chi connectivity index (χ1n) is 10.5. The Bertz CT molecular complexity index is 1170. The van der Waals surface area contributed by atoms with Crippen LogP contribution in [-0.4, -0.2) is 27.7 Å². The highest BCUT2D eigenvalue weighted by Crippen LogP contribution is 2.28. The number of hydrogen-bond donors (Lipinski definition) is 2. The number of hydrogen-bond acceptors (Lipinski definition) is 4. The predicted octanol–water partition coefficient (Wildman–Crippen LogP) is 3.35. The maximum absolute atomic E-state index is 13.3. The summed E-state index contributed by atoms with van der Waals surface area (Å²) in [6.45, 7) is 5.51. The molecule has 1 unspecified atom stereocenters. The summed E-state index contributed by atoms with van der Waals surface area (Å²) in [5.74, 6) is -0.699. The summed E-state index contributed by atoms with van der Waals surface area (Å²) in [5.41, 5.74) is 9.60. The highest BCUT2D eigenvalue weighted by Gasteiger charge is 2.27. The van der Waals surface area contributed by atoms with E-state index in [1.54, 1.807) is 29.8 Å². The van der Waals surface area contributed by atoms with Crippen molar-refractivity contribution in [3.05, 3.63) is 76.4 Å². The summed E-state index contributed by atoms with van der Waals surface area (Å²) in [6, 6.07) is 11.6. The molecule has 0 saturated heterocycles. The van der Waals surface area contributed by atoms with Gasteiger partial charge in [0, 0.05) is 11.3 Å². The van der Waals surface area contributed by atoms with Crippen LogP contribution in [0.3, 0.4) is 0 Å². The van der Waals surface area contributed by atoms with Crippen LogP contribution in [0, 0.1) is 19.7 Å². The van der Waals surface area contributed by atoms with E-state index in [1.165, 1.54) is 12.1 Å². The molecule has 1 atom stereocenters. The molecule has 1 aliphatic carbocycles. The molecule has 0 saturated carbocycles. The third-order valence-corrected chi connectivity index (χ3v) is 5.74. The minimum atomic E-state index is -0.807. The van der Waals surface area contributed by atoms with Crippen LogP contribution < -0.4 is 15.6 Å². The van der Waals surface area contributed by atoms with E-state index < -0.39 is 17.9 Å². The minimum absolute atomic E-state index is 0.255. The monoisotopic (exact) mass is 436 g/mol. The zero-order valence-corrected chi connectivity index (χ0v) is 18.2. The topological polar surface area (TPSA) is 85.2 Å². The summed E-state index contributed by atoms with van der Waals surface area (Å²) in [5, 5.41) is 4.44. The number of carbonyl (C=O) groups is 2. The van der Waals surface area contributed by atoms with Gasteiger partial charge in [0.2, 0.25) is 0 Å². The van der Waals surface area contributed by atoms with E-state index in [-0.39, 0.29) is 11.5 Å². The standard InChI is InChI=1S/C24H25FN4O3/c1-14-6-4-9-21(15(14)2)32-16(3)23(30)26-27-24(31)22-19-7-5-8-20(19)29(28-22)18-12-10-17(25)11-13-18/h4,6,9-13,16H,5,7-8H2,1-3H3,(H,26,30)(H,27,31). The van der Waals surface area contributed by atoms with E-state index in [9.17, 15) is 14.0 Å². The molecule has 0 bridgehead atoms. The lowest BCUT2D eigenvalue weighted by Crippen LogP contribution is -2.47. The van der Waals surface area contributed by atoms with Gasteiger partial charge in [-0.2, -0.15) is 5.10 Å². The number of benzene rings is 2. The molecule has 2 aromatic carbocycles. The molecule has 1 heterocycles. The third kappa shape index (κ3) is 4.21. The lowest BCUT2D eigenvalue weighted by Gasteiger charge is -2.17. The molecular formula is C24H25FN4O3. The molecule has 3 aromatic rings. The summed E-state index contributed by atoms with van der Waals surface area (Å²) in [4.78, 5) is 25.2. The van der Waals surface area contributed by atoms with Gasteiger partial charge in [0.15, 0.2) is 11.8 Å². The van der Waals surface area contributed by atoms with E-state index >= 15 is 0 Å². The summed E-state index contributed by atoms with van der Waals surface area (Å²) < 4.78 is 20.7. The van der Waals surface area contributed by atoms with Crippen LogP contribution in [0.2, 0.25) is 0 Å². The summed E-state index contributed by atoms with van der Waals surface area (Å²) in [6.07, 6.45) is 1.60. The molecule has 1 aromatic heterocycles. The zero-order valence-electron chi connectivity index (χ0n) is 18.2. The molecular weight excluding hydrogens is 411 g/mol. The van der Waals surface area contributed by atoms with E-state index in [0.29, 0.717) is 11.4 Å². The Morgan fingerprint density at radius 3 is 2.59 bits per heavy atom. The quantitative estimate of drug-likeness (QED) is 0.601. The Labute approximate surface area is 185 Å². The van der Waals surface area contributed by atoms with Crippen molar-refractivity contribution in [2.75, 3.05) is 0 Å². The number of aromatic nitrogens is 2. The van der Waals surface area contributed by atoms with Crippen LogP contribution in [0.15, 0.2) is 42.5 Å². The fraction of sp³-hybridized carbons (Fsp3) is 0.292. The Morgan fingerprint density at radius 2 is 1.84 bits per heavy atom. The molecule has 2 N–H and O–H groups in total. The van der Waals surface area contributed by atoms with Crippen LogP contribution in [0.25, 0.3) is 5.69 Å². The van der Waals surface area contributed by atoms with Crippen molar-refractivity contribution in [2.45, 2.75) is 46.1 Å². The number of fused-ring (bicyclic) bond motifs is 1. The largest absolute Gasteiger partial charge is 0.481 e. The maximum atomic E-state index is 13.3. The van der Waals surface area contributed by atoms with Gasteiger partial charge in [-0.15, -0.1) is 0 Å². The van der Waals surface area contributed by atoms with Crippen molar-refractivity contribution in [3.63, 3.8) is 0 Å². The Balaban J connectivity index is 1.44. The number of carbonyl (C=O) groups excluding carboxylic acids is 2. The van der Waals surface area contributed by atoms with Crippen LogP contribution >= 0.6 is 0 Å². The van der Waals surface area contributed by atoms with Gasteiger partial charge in [0.1, 0.15) is 11.6 Å². The third-order valence-electron chi connectivity index (χ3n) is 5.74. The Morgan fingerprint density at radius 1 is 1.09 bits per heavy atom. The van der Waals surface area contributed by atoms with E-state index in [0.717, 1.165) is 41.6 Å². The van der Waals surface area contributed by atoms with Crippen LogP contribution in [0.5, 0.6) is 5.75 Å². The van der Waals surface area contributed by atoms with E-state index in [1.807, 2.05) is 26.0 Å². The molecule has 0 fully saturated rings. The minimum Gasteiger partial charge on any atom is -0.481 e. The Kier molecular flexibility index (Phi) is 5.94. The first kappa shape index (κ1) is 21.5. The smallest absolute Gasteiger partial charge is 0.290 e. The van der Waals surface area contributed by atoms with Crippen molar-refractivity contribution < 1.29 is 18.7 Å². The van der Waals surface area contributed by atoms with Crippen molar-refractivity contribution in [1.82, 2.24) is 20.6 Å². The van der Waals surface area contributed by atoms with Gasteiger partial charge in [-0.3, -0.25) is 20.4 Å². The number of nitrogens with zero attached hydrogens (tertiary/aromatic N) is 2. The van der Waals surface area contributed by atoms with Gasteiger partial charge in [0.05, 0.1) is 5.69 Å². The molecule has 0 spiro atoms. The lowest BCUT2D eigenvalue weighted by atomic mass is 10.1. The van der Waals surface area contributed by atoms with E-state index in [2.05, 4.69) is 16.0 Å². The van der Waals surface area contributed by atoms with Crippen molar-refractivity contribution in [1.29, 1.82) is 0 Å². The molecule has 0 radical (unpaired) electrons. The fourth-order valence-electron chi connectivity index (χ4n) is 3.79. The van der Waals surface area contributed by atoms with Gasteiger partial charge in [-0.05, 0) is 81.5 Å². The normalized spacial score (nSPS) is 13.4. The second-order valence-corrected chi connectivity index (χ2v) is 7.92. The molecule has 32 heavy (non-hydrogen) atoms. The number of nitrogens with one attached hydrogen (secondary N) is 2. The number of aryl methyl sites for hydroxylation is 1.